The van der Waals surface area contributed by atoms with Crippen LogP contribution in [0, 0.1) is 0 Å². The molecule has 0 aliphatic carbocycles. The summed E-state index contributed by atoms with van der Waals surface area (Å²) >= 11 is 0. The molecule has 0 amide bonds. The molecule has 0 radical (unpaired) electrons. The van der Waals surface area contributed by atoms with Gasteiger partial charge in [0, 0.05) is 0 Å². The molecule has 0 bridgehead atoms. The summed E-state index contributed by atoms with van der Waals surface area (Å²) in [5.74, 6) is 0.364. The van der Waals surface area contributed by atoms with Crippen LogP contribution in [-0.4, -0.2) is 28.2 Å². The summed E-state index contributed by atoms with van der Waals surface area (Å²) in [6.07, 6.45) is 10.6. The number of rotatable bonds is 8. The molecule has 0 spiro atoms. The molecule has 0 saturated carbocycles. The first-order valence-corrected chi connectivity index (χ1v) is 6.61. The fourth-order valence-corrected chi connectivity index (χ4v) is 1.95. The predicted octanol–water partition coefficient (Wildman–Crippen LogP) is 4.53. The fourth-order valence-electron chi connectivity index (χ4n) is 1.95. The number of phenolic OH excluding ortho intramolecular Hbond substituents is 1. The van der Waals surface area contributed by atoms with E-state index in [1.54, 1.807) is 12.1 Å². The van der Waals surface area contributed by atoms with E-state index >= 15 is 0 Å². The molecule has 0 unspecified atom stereocenters. The van der Waals surface area contributed by atoms with Crippen LogP contribution in [0.5, 0.6) is 5.75 Å². The largest absolute Gasteiger partial charge is 2.00 e. The molecule has 0 aliphatic heterocycles. The van der Waals surface area contributed by atoms with Crippen molar-refractivity contribution < 1.29 is 7.96 Å². The van der Waals surface area contributed by atoms with Gasteiger partial charge in [0.2, 0.25) is 0 Å². The van der Waals surface area contributed by atoms with Gasteiger partial charge in [-0.15, -0.1) is 0 Å². The standard InChI is InChI=1S/C15H24O.Mg.2H/c1-2-3-4-5-6-7-8-9-14-10-12-15(16)13-11-14;;;/h10-13,16H,2-9H2,1H3;;;/q;+2;2*-1. The van der Waals surface area contributed by atoms with Gasteiger partial charge in [0.05, 0.1) is 0 Å². The van der Waals surface area contributed by atoms with E-state index in [2.05, 4.69) is 6.92 Å². The van der Waals surface area contributed by atoms with Crippen LogP contribution in [-0.2, 0) is 6.42 Å². The average molecular weight is 247 g/mol. The zero-order valence-corrected chi connectivity index (χ0v) is 12.5. The van der Waals surface area contributed by atoms with Crippen LogP contribution in [0.25, 0.3) is 0 Å². The second kappa shape index (κ2) is 10.9. The first-order chi connectivity index (χ1) is 7.83. The molecule has 1 aromatic rings. The van der Waals surface area contributed by atoms with Crippen molar-refractivity contribution in [1.29, 1.82) is 0 Å². The van der Waals surface area contributed by atoms with Gasteiger partial charge in [-0.25, -0.2) is 0 Å². The second-order valence-corrected chi connectivity index (χ2v) is 4.54. The normalized spacial score (nSPS) is 9.94. The van der Waals surface area contributed by atoms with Crippen molar-refractivity contribution in [2.24, 2.45) is 0 Å². The summed E-state index contributed by atoms with van der Waals surface area (Å²) in [7, 11) is 0. The number of benzene rings is 1. The Bertz CT molecular complexity index is 278. The van der Waals surface area contributed by atoms with Crippen LogP contribution >= 0.6 is 0 Å². The molecule has 0 atom stereocenters. The van der Waals surface area contributed by atoms with Gasteiger partial charge in [-0.1, -0.05) is 57.6 Å². The fraction of sp³-hybridized carbons (Fsp3) is 0.600. The molecule has 1 nitrogen and oxygen atoms in total. The third kappa shape index (κ3) is 8.50. The van der Waals surface area contributed by atoms with Gasteiger partial charge in [-0.3, -0.25) is 0 Å². The Labute approximate surface area is 125 Å². The zero-order chi connectivity index (χ0) is 11.6. The summed E-state index contributed by atoms with van der Waals surface area (Å²) in [6.45, 7) is 2.25. The average Bonchev–Trinajstić information content (AvgIpc) is 2.30. The number of aryl methyl sites for hydroxylation is 1. The number of phenols is 1. The molecule has 0 heterocycles. The molecular weight excluding hydrogens is 220 g/mol. The quantitative estimate of drug-likeness (QED) is 0.528. The maximum Gasteiger partial charge on any atom is 2.00 e. The molecule has 1 aromatic carbocycles. The van der Waals surface area contributed by atoms with Crippen LogP contribution in [0.1, 0.15) is 60.3 Å². The van der Waals surface area contributed by atoms with Crippen LogP contribution in [0.15, 0.2) is 24.3 Å². The maximum absolute atomic E-state index is 9.15. The summed E-state index contributed by atoms with van der Waals surface area (Å²) in [4.78, 5) is 0. The number of hydrogen-bond acceptors (Lipinski definition) is 1. The minimum Gasteiger partial charge on any atom is -1.00 e. The molecule has 2 heteroatoms. The minimum absolute atomic E-state index is 0. The van der Waals surface area contributed by atoms with Crippen LogP contribution < -0.4 is 0 Å². The molecule has 1 N–H and O–H groups in total. The van der Waals surface area contributed by atoms with E-state index in [1.807, 2.05) is 12.1 Å². The molecule has 94 valence electrons. The maximum atomic E-state index is 9.15. The van der Waals surface area contributed by atoms with Gasteiger partial charge in [0.15, 0.2) is 0 Å². The van der Waals surface area contributed by atoms with E-state index < -0.39 is 0 Å². The van der Waals surface area contributed by atoms with Gasteiger partial charge >= 0.3 is 23.1 Å². The van der Waals surface area contributed by atoms with Crippen molar-refractivity contribution in [1.82, 2.24) is 0 Å². The monoisotopic (exact) mass is 246 g/mol. The van der Waals surface area contributed by atoms with Crippen molar-refractivity contribution in [3.8, 4) is 5.75 Å². The van der Waals surface area contributed by atoms with E-state index in [1.165, 1.54) is 50.5 Å². The molecule has 0 fully saturated rings. The zero-order valence-electron chi connectivity index (χ0n) is 13.1. The first-order valence-electron chi connectivity index (χ1n) is 6.61. The van der Waals surface area contributed by atoms with Gasteiger partial charge in [0.1, 0.15) is 5.75 Å². The van der Waals surface area contributed by atoms with Crippen molar-refractivity contribution >= 4 is 23.1 Å². The van der Waals surface area contributed by atoms with E-state index in [0.717, 1.165) is 6.42 Å². The minimum atomic E-state index is 0. The van der Waals surface area contributed by atoms with Crippen LogP contribution in [0.3, 0.4) is 0 Å². The summed E-state index contributed by atoms with van der Waals surface area (Å²) in [5, 5.41) is 9.15. The Morgan fingerprint density at radius 2 is 1.41 bits per heavy atom. The smallest absolute Gasteiger partial charge is 1.00 e. The molecule has 0 aromatic heterocycles. The van der Waals surface area contributed by atoms with Crippen LogP contribution in [0.2, 0.25) is 0 Å². The van der Waals surface area contributed by atoms with E-state index in [4.69, 9.17) is 5.11 Å². The van der Waals surface area contributed by atoms with Gasteiger partial charge in [0.25, 0.3) is 0 Å². The van der Waals surface area contributed by atoms with Crippen molar-refractivity contribution in [3.63, 3.8) is 0 Å². The molecule has 0 aliphatic rings. The Morgan fingerprint density at radius 3 is 2.00 bits per heavy atom. The van der Waals surface area contributed by atoms with E-state index in [-0.39, 0.29) is 25.9 Å². The Kier molecular flexibility index (Phi) is 10.8. The molecular formula is C15H26MgO. The second-order valence-electron chi connectivity index (χ2n) is 4.54. The SMILES string of the molecule is CCCCCCCCCc1ccc(O)cc1.[H-].[H-].[Mg+2]. The molecule has 1 rings (SSSR count). The third-order valence-electron chi connectivity index (χ3n) is 3.01. The van der Waals surface area contributed by atoms with Gasteiger partial charge in [-0.05, 0) is 30.5 Å². The first kappa shape index (κ1) is 16.8. The summed E-state index contributed by atoms with van der Waals surface area (Å²) < 4.78 is 0. The Balaban J connectivity index is -0.000000853. The Hall–Kier alpha value is -0.214. The van der Waals surface area contributed by atoms with Gasteiger partial charge < -0.3 is 7.96 Å². The van der Waals surface area contributed by atoms with Gasteiger partial charge in [-0.2, -0.15) is 0 Å². The van der Waals surface area contributed by atoms with E-state index in [9.17, 15) is 0 Å². The topological polar surface area (TPSA) is 20.2 Å². The van der Waals surface area contributed by atoms with Crippen molar-refractivity contribution in [2.75, 3.05) is 0 Å². The summed E-state index contributed by atoms with van der Waals surface area (Å²) in [5.41, 5.74) is 1.34. The summed E-state index contributed by atoms with van der Waals surface area (Å²) in [6, 6.07) is 7.59. The van der Waals surface area contributed by atoms with E-state index in [0.29, 0.717) is 5.75 Å². The molecule has 0 saturated heterocycles. The third-order valence-corrected chi connectivity index (χ3v) is 3.01. The Morgan fingerprint density at radius 1 is 0.882 bits per heavy atom. The predicted molar refractivity (Wildman–Crippen MR) is 77.8 cm³/mol. The van der Waals surface area contributed by atoms with Crippen molar-refractivity contribution in [2.45, 2.75) is 58.3 Å². The van der Waals surface area contributed by atoms with Crippen molar-refractivity contribution in [3.05, 3.63) is 29.8 Å². The number of unbranched alkanes of at least 4 members (excludes halogenated alkanes) is 6. The number of hydrogen-bond donors (Lipinski definition) is 1. The molecule has 17 heavy (non-hydrogen) atoms. The number of aromatic hydroxyl groups is 1. The van der Waals surface area contributed by atoms with Crippen LogP contribution in [0.4, 0.5) is 0 Å².